The second-order valence-electron chi connectivity index (χ2n) is 8.89. The fourth-order valence-corrected chi connectivity index (χ4v) is 5.03. The monoisotopic (exact) mass is 485 g/mol. The van der Waals surface area contributed by atoms with E-state index in [9.17, 15) is 14.0 Å². The maximum Gasteiger partial charge on any atom is 0.328 e. The number of alkyl halides is 1. The van der Waals surface area contributed by atoms with Gasteiger partial charge in [0.25, 0.3) is 5.56 Å². The second-order valence-corrected chi connectivity index (χ2v) is 9.84. The summed E-state index contributed by atoms with van der Waals surface area (Å²) in [7, 11) is 0. The SMILES string of the molecule is CC(C)c1csc(CCc2ccn3c(=O)c(/C=C/C(=O)O)c(N4C[C@H](CF)[C@H](N)C4)nc3c2)n1. The van der Waals surface area contributed by atoms with Crippen molar-refractivity contribution in [2.75, 3.05) is 24.7 Å². The second kappa shape index (κ2) is 10.0. The van der Waals surface area contributed by atoms with Crippen LogP contribution in [0.4, 0.5) is 10.2 Å². The molecule has 34 heavy (non-hydrogen) atoms. The van der Waals surface area contributed by atoms with Crippen LogP contribution in [0.3, 0.4) is 0 Å². The number of hydrogen-bond donors (Lipinski definition) is 2. The van der Waals surface area contributed by atoms with Gasteiger partial charge in [0, 0.05) is 49.1 Å². The van der Waals surface area contributed by atoms with Crippen molar-refractivity contribution in [1.82, 2.24) is 14.4 Å². The molecule has 0 aliphatic carbocycles. The number of aryl methyl sites for hydroxylation is 2. The van der Waals surface area contributed by atoms with Crippen molar-refractivity contribution in [3.63, 3.8) is 0 Å². The Morgan fingerprint density at radius 1 is 1.35 bits per heavy atom. The van der Waals surface area contributed by atoms with Crippen molar-refractivity contribution in [1.29, 1.82) is 0 Å². The quantitative estimate of drug-likeness (QED) is 0.472. The molecular formula is C24H28FN5O3S. The van der Waals surface area contributed by atoms with Gasteiger partial charge in [-0.3, -0.25) is 13.6 Å². The fraction of sp³-hybridized carbons (Fsp3) is 0.417. The highest BCUT2D eigenvalue weighted by Crippen LogP contribution is 2.26. The first kappa shape index (κ1) is 24.0. The van der Waals surface area contributed by atoms with Gasteiger partial charge in [0.15, 0.2) is 0 Å². The van der Waals surface area contributed by atoms with Crippen molar-refractivity contribution in [2.24, 2.45) is 11.7 Å². The van der Waals surface area contributed by atoms with Crippen molar-refractivity contribution < 1.29 is 14.3 Å². The molecule has 4 rings (SSSR count). The van der Waals surface area contributed by atoms with Crippen LogP contribution in [0.5, 0.6) is 0 Å². The molecule has 3 N–H and O–H groups in total. The standard InChI is InChI=1S/C24H28FN5O3S/c1-14(2)19-13-34-21(27-19)5-3-15-7-8-30-20(9-15)28-23(17(24(30)33)4-6-22(31)32)29-11-16(10-25)18(26)12-29/h4,6-9,13-14,16,18H,3,5,10-12,26H2,1-2H3,(H,31,32)/b6-4+/t16-,18+/m0/s1. The molecule has 10 heteroatoms. The van der Waals surface area contributed by atoms with Crippen molar-refractivity contribution in [3.8, 4) is 0 Å². The summed E-state index contributed by atoms with van der Waals surface area (Å²) >= 11 is 1.65. The van der Waals surface area contributed by atoms with Crippen LogP contribution in [0.1, 0.15) is 41.6 Å². The van der Waals surface area contributed by atoms with Gasteiger partial charge >= 0.3 is 5.97 Å². The molecule has 3 aromatic heterocycles. The predicted molar refractivity (Wildman–Crippen MR) is 131 cm³/mol. The number of anilines is 1. The number of rotatable bonds is 8. The zero-order chi connectivity index (χ0) is 24.4. The molecule has 2 atom stereocenters. The molecule has 1 fully saturated rings. The van der Waals surface area contributed by atoms with E-state index in [-0.39, 0.29) is 23.1 Å². The molecule has 0 spiro atoms. The van der Waals surface area contributed by atoms with E-state index in [1.807, 2.05) is 12.1 Å². The van der Waals surface area contributed by atoms with Crippen LogP contribution in [0, 0.1) is 5.92 Å². The number of carboxylic acid groups (broad SMARTS) is 1. The molecule has 0 bridgehead atoms. The Labute approximate surface area is 200 Å². The zero-order valence-electron chi connectivity index (χ0n) is 19.1. The predicted octanol–water partition coefficient (Wildman–Crippen LogP) is 2.89. The van der Waals surface area contributed by atoms with E-state index in [4.69, 9.17) is 15.8 Å². The summed E-state index contributed by atoms with van der Waals surface area (Å²) in [5.41, 5.74) is 8.37. The van der Waals surface area contributed by atoms with E-state index in [2.05, 4.69) is 24.2 Å². The summed E-state index contributed by atoms with van der Waals surface area (Å²) in [5, 5.41) is 12.2. The lowest BCUT2D eigenvalue weighted by atomic mass is 10.1. The van der Waals surface area contributed by atoms with Gasteiger partial charge in [-0.25, -0.2) is 14.8 Å². The van der Waals surface area contributed by atoms with Crippen LogP contribution in [0.2, 0.25) is 0 Å². The Hall–Kier alpha value is -3.11. The Bertz CT molecular complexity index is 1290. The van der Waals surface area contributed by atoms with Crippen molar-refractivity contribution >= 4 is 34.8 Å². The first-order valence-electron chi connectivity index (χ1n) is 11.2. The maximum atomic E-state index is 13.4. The minimum Gasteiger partial charge on any atom is -0.478 e. The first-order valence-corrected chi connectivity index (χ1v) is 12.1. The van der Waals surface area contributed by atoms with Gasteiger partial charge in [0.2, 0.25) is 0 Å². The number of thiazole rings is 1. The van der Waals surface area contributed by atoms with E-state index < -0.39 is 12.6 Å². The number of aromatic nitrogens is 3. The number of hydrogen-bond acceptors (Lipinski definition) is 7. The molecule has 1 aliphatic rings. The highest BCUT2D eigenvalue weighted by Gasteiger charge is 2.32. The van der Waals surface area contributed by atoms with Crippen molar-refractivity contribution in [2.45, 2.75) is 38.6 Å². The van der Waals surface area contributed by atoms with E-state index >= 15 is 0 Å². The molecule has 4 heterocycles. The van der Waals surface area contributed by atoms with Gasteiger partial charge in [0.1, 0.15) is 11.5 Å². The third-order valence-electron chi connectivity index (χ3n) is 6.08. The molecule has 0 radical (unpaired) electrons. The lowest BCUT2D eigenvalue weighted by Crippen LogP contribution is -2.31. The van der Waals surface area contributed by atoms with E-state index in [1.165, 1.54) is 10.5 Å². The number of halogens is 1. The van der Waals surface area contributed by atoms with E-state index in [0.29, 0.717) is 30.5 Å². The molecule has 0 saturated carbocycles. The van der Waals surface area contributed by atoms with Gasteiger partial charge in [-0.15, -0.1) is 11.3 Å². The molecule has 180 valence electrons. The van der Waals surface area contributed by atoms with Gasteiger partial charge in [-0.05, 0) is 36.1 Å². The van der Waals surface area contributed by atoms with Crippen LogP contribution in [0.15, 0.2) is 34.6 Å². The first-order chi connectivity index (χ1) is 16.3. The minimum absolute atomic E-state index is 0.142. The lowest BCUT2D eigenvalue weighted by Gasteiger charge is -2.20. The molecule has 0 unspecified atom stereocenters. The van der Waals surface area contributed by atoms with E-state index in [1.54, 1.807) is 22.4 Å². The van der Waals surface area contributed by atoms with Gasteiger partial charge in [0.05, 0.1) is 22.9 Å². The molecular weight excluding hydrogens is 457 g/mol. The van der Waals surface area contributed by atoms with Gasteiger partial charge in [-0.1, -0.05) is 13.8 Å². The van der Waals surface area contributed by atoms with E-state index in [0.717, 1.165) is 35.2 Å². The molecule has 8 nitrogen and oxygen atoms in total. The molecule has 1 aliphatic heterocycles. The zero-order valence-corrected chi connectivity index (χ0v) is 20.0. The summed E-state index contributed by atoms with van der Waals surface area (Å²) in [4.78, 5) is 35.5. The highest BCUT2D eigenvalue weighted by atomic mass is 32.1. The molecule has 3 aromatic rings. The number of pyridine rings is 1. The van der Waals surface area contributed by atoms with Crippen LogP contribution in [-0.4, -0.2) is 51.3 Å². The number of aliphatic carboxylic acids is 1. The number of carbonyl (C=O) groups is 1. The Kier molecular flexibility index (Phi) is 7.08. The largest absolute Gasteiger partial charge is 0.478 e. The topological polar surface area (TPSA) is 114 Å². The Morgan fingerprint density at radius 2 is 2.15 bits per heavy atom. The lowest BCUT2D eigenvalue weighted by molar-refractivity contribution is -0.131. The summed E-state index contributed by atoms with van der Waals surface area (Å²) in [6.07, 6.45) is 5.33. The smallest absolute Gasteiger partial charge is 0.328 e. The average Bonchev–Trinajstić information content (AvgIpc) is 3.43. The summed E-state index contributed by atoms with van der Waals surface area (Å²) in [5.74, 6) is -0.821. The molecule has 1 saturated heterocycles. The summed E-state index contributed by atoms with van der Waals surface area (Å²) in [6.45, 7) is 4.32. The molecule has 0 aromatic carbocycles. The Balaban J connectivity index is 1.69. The van der Waals surface area contributed by atoms with Crippen LogP contribution >= 0.6 is 11.3 Å². The number of nitrogens with zero attached hydrogens (tertiary/aromatic N) is 4. The van der Waals surface area contributed by atoms with Crippen LogP contribution in [0.25, 0.3) is 11.7 Å². The fourth-order valence-electron chi connectivity index (χ4n) is 4.07. The maximum absolute atomic E-state index is 13.4. The van der Waals surface area contributed by atoms with Gasteiger partial charge < -0.3 is 15.7 Å². The normalized spacial score (nSPS) is 18.6. The third-order valence-corrected chi connectivity index (χ3v) is 7.01. The summed E-state index contributed by atoms with van der Waals surface area (Å²) < 4.78 is 14.8. The number of carboxylic acids is 1. The van der Waals surface area contributed by atoms with Crippen molar-refractivity contribution in [3.05, 3.63) is 62.0 Å². The highest BCUT2D eigenvalue weighted by molar-refractivity contribution is 7.09. The number of fused-ring (bicyclic) bond motifs is 1. The Morgan fingerprint density at radius 3 is 2.79 bits per heavy atom. The van der Waals surface area contributed by atoms with Gasteiger partial charge in [-0.2, -0.15) is 0 Å². The average molecular weight is 486 g/mol. The van der Waals surface area contributed by atoms with Crippen LogP contribution < -0.4 is 16.2 Å². The molecule has 0 amide bonds. The number of nitrogens with two attached hydrogens (primary N) is 1. The van der Waals surface area contributed by atoms with Crippen LogP contribution in [-0.2, 0) is 17.6 Å². The summed E-state index contributed by atoms with van der Waals surface area (Å²) in [6, 6.07) is 3.33. The third kappa shape index (κ3) is 5.02. The minimum atomic E-state index is -1.17.